The zero-order chi connectivity index (χ0) is 21.5. The molecule has 8 heteroatoms. The SMILES string of the molecule is CC(=O)Cc1ccc(OCC2CCCN(C)C2)c(NC(=O)Nc2cnc(C)cn2)c1. The lowest BCUT2D eigenvalue weighted by Gasteiger charge is -2.29. The van der Waals surface area contributed by atoms with E-state index in [0.29, 0.717) is 36.2 Å². The van der Waals surface area contributed by atoms with Crippen molar-refractivity contribution in [2.45, 2.75) is 33.1 Å². The van der Waals surface area contributed by atoms with Crippen LogP contribution >= 0.6 is 0 Å². The average Bonchev–Trinajstić information content (AvgIpc) is 2.69. The number of ether oxygens (including phenoxy) is 1. The van der Waals surface area contributed by atoms with Crippen LogP contribution in [0.25, 0.3) is 0 Å². The highest BCUT2D eigenvalue weighted by molar-refractivity contribution is 6.00. The van der Waals surface area contributed by atoms with Crippen molar-refractivity contribution >= 4 is 23.3 Å². The molecule has 0 saturated carbocycles. The molecule has 1 aromatic carbocycles. The number of benzene rings is 1. The number of hydrogen-bond donors (Lipinski definition) is 2. The largest absolute Gasteiger partial charge is 0.491 e. The molecule has 1 aromatic heterocycles. The van der Waals surface area contributed by atoms with Gasteiger partial charge >= 0.3 is 6.03 Å². The number of rotatable bonds is 7. The molecule has 0 bridgehead atoms. The standard InChI is InChI=1S/C22H29N5O3/c1-15-11-24-21(12-23-15)26-22(29)25-19-10-17(9-16(2)28)6-7-20(19)30-14-18-5-4-8-27(3)13-18/h6-7,10-12,18H,4-5,8-9,13-14H2,1-3H3,(H2,24,25,26,29). The molecule has 1 atom stereocenters. The molecule has 1 aliphatic rings. The van der Waals surface area contributed by atoms with Gasteiger partial charge in [0.05, 0.1) is 30.4 Å². The van der Waals surface area contributed by atoms with E-state index in [4.69, 9.17) is 4.74 Å². The van der Waals surface area contributed by atoms with Crippen LogP contribution in [0.1, 0.15) is 31.0 Å². The second-order valence-corrected chi connectivity index (χ2v) is 7.91. The molecular weight excluding hydrogens is 382 g/mol. The highest BCUT2D eigenvalue weighted by Crippen LogP contribution is 2.28. The van der Waals surface area contributed by atoms with Crippen molar-refractivity contribution < 1.29 is 14.3 Å². The third kappa shape index (κ3) is 6.52. The topological polar surface area (TPSA) is 96.5 Å². The maximum Gasteiger partial charge on any atom is 0.324 e. The third-order valence-corrected chi connectivity index (χ3v) is 4.96. The van der Waals surface area contributed by atoms with E-state index in [9.17, 15) is 9.59 Å². The first-order valence-corrected chi connectivity index (χ1v) is 10.2. The third-order valence-electron chi connectivity index (χ3n) is 4.96. The van der Waals surface area contributed by atoms with Gasteiger partial charge in [0.15, 0.2) is 5.82 Å². The number of likely N-dealkylation sites (tertiary alicyclic amines) is 1. The molecule has 0 aliphatic carbocycles. The van der Waals surface area contributed by atoms with Crippen LogP contribution in [0.4, 0.5) is 16.3 Å². The number of ketones is 1. The zero-order valence-electron chi connectivity index (χ0n) is 17.8. The van der Waals surface area contributed by atoms with Crippen LogP contribution < -0.4 is 15.4 Å². The number of Topliss-reactive ketones (excluding diaryl/α,β-unsaturated/α-hetero) is 1. The maximum atomic E-state index is 12.5. The molecular formula is C22H29N5O3. The summed E-state index contributed by atoms with van der Waals surface area (Å²) in [6.45, 7) is 6.06. The van der Waals surface area contributed by atoms with Crippen LogP contribution in [-0.2, 0) is 11.2 Å². The van der Waals surface area contributed by atoms with Crippen molar-refractivity contribution in [2.75, 3.05) is 37.4 Å². The number of nitrogens with zero attached hydrogens (tertiary/aromatic N) is 3. The van der Waals surface area contributed by atoms with Gasteiger partial charge < -0.3 is 15.0 Å². The van der Waals surface area contributed by atoms with Gasteiger partial charge in [-0.2, -0.15) is 0 Å². The van der Waals surface area contributed by atoms with E-state index in [-0.39, 0.29) is 5.78 Å². The number of carbonyl (C=O) groups is 2. The lowest BCUT2D eigenvalue weighted by Crippen LogP contribution is -2.34. The minimum atomic E-state index is -0.449. The van der Waals surface area contributed by atoms with Gasteiger partial charge in [0, 0.05) is 18.9 Å². The fraction of sp³-hybridized carbons (Fsp3) is 0.455. The predicted octanol–water partition coefficient (Wildman–Crippen LogP) is 3.28. The normalized spacial score (nSPS) is 16.7. The van der Waals surface area contributed by atoms with Crippen molar-refractivity contribution in [3.05, 3.63) is 41.9 Å². The van der Waals surface area contributed by atoms with Gasteiger partial charge in [-0.3, -0.25) is 15.1 Å². The van der Waals surface area contributed by atoms with Gasteiger partial charge in [-0.05, 0) is 58.0 Å². The van der Waals surface area contributed by atoms with Gasteiger partial charge in [-0.15, -0.1) is 0 Å². The summed E-state index contributed by atoms with van der Waals surface area (Å²) in [4.78, 5) is 34.6. The number of aromatic nitrogens is 2. The summed E-state index contributed by atoms with van der Waals surface area (Å²) >= 11 is 0. The Balaban J connectivity index is 1.70. The van der Waals surface area contributed by atoms with E-state index < -0.39 is 6.03 Å². The summed E-state index contributed by atoms with van der Waals surface area (Å²) in [5.41, 5.74) is 2.11. The quantitative estimate of drug-likeness (QED) is 0.726. The molecule has 3 rings (SSSR count). The summed E-state index contributed by atoms with van der Waals surface area (Å²) in [5.74, 6) is 1.44. The fourth-order valence-electron chi connectivity index (χ4n) is 3.54. The van der Waals surface area contributed by atoms with Crippen LogP contribution in [0.3, 0.4) is 0 Å². The Labute approximate surface area is 177 Å². The van der Waals surface area contributed by atoms with Crippen LogP contribution in [0, 0.1) is 12.8 Å². The van der Waals surface area contributed by atoms with Gasteiger partial charge in [-0.1, -0.05) is 6.07 Å². The van der Waals surface area contributed by atoms with Crippen molar-refractivity contribution in [3.63, 3.8) is 0 Å². The van der Waals surface area contributed by atoms with Crippen molar-refractivity contribution in [3.8, 4) is 5.75 Å². The minimum Gasteiger partial charge on any atom is -0.491 e. The van der Waals surface area contributed by atoms with Gasteiger partial charge in [0.25, 0.3) is 0 Å². The van der Waals surface area contributed by atoms with E-state index in [0.717, 1.165) is 37.2 Å². The van der Waals surface area contributed by atoms with Crippen LogP contribution in [0.15, 0.2) is 30.6 Å². The molecule has 0 radical (unpaired) electrons. The Bertz CT molecular complexity index is 885. The number of piperidine rings is 1. The predicted molar refractivity (Wildman–Crippen MR) is 116 cm³/mol. The lowest BCUT2D eigenvalue weighted by atomic mass is 9.99. The molecule has 1 saturated heterocycles. The molecule has 2 amide bonds. The van der Waals surface area contributed by atoms with Crippen molar-refractivity contribution in [2.24, 2.45) is 5.92 Å². The van der Waals surface area contributed by atoms with Gasteiger partial charge in [0.1, 0.15) is 11.5 Å². The summed E-state index contributed by atoms with van der Waals surface area (Å²) in [5, 5.41) is 5.48. The molecule has 30 heavy (non-hydrogen) atoms. The number of urea groups is 1. The Morgan fingerprint density at radius 1 is 1.23 bits per heavy atom. The fourth-order valence-corrected chi connectivity index (χ4v) is 3.54. The van der Waals surface area contributed by atoms with E-state index in [1.165, 1.54) is 6.20 Å². The summed E-state index contributed by atoms with van der Waals surface area (Å²) in [7, 11) is 2.12. The van der Waals surface area contributed by atoms with Crippen LogP contribution in [0.2, 0.25) is 0 Å². The van der Waals surface area contributed by atoms with Crippen molar-refractivity contribution in [1.29, 1.82) is 0 Å². The first-order chi connectivity index (χ1) is 14.4. The molecule has 2 N–H and O–H groups in total. The van der Waals surface area contributed by atoms with E-state index in [1.807, 2.05) is 19.1 Å². The average molecular weight is 412 g/mol. The molecule has 1 aliphatic heterocycles. The summed E-state index contributed by atoms with van der Waals surface area (Å²) < 4.78 is 6.07. The van der Waals surface area contributed by atoms with Gasteiger partial charge in [-0.25, -0.2) is 9.78 Å². The lowest BCUT2D eigenvalue weighted by molar-refractivity contribution is -0.116. The highest BCUT2D eigenvalue weighted by Gasteiger charge is 2.19. The van der Waals surface area contributed by atoms with E-state index in [1.54, 1.807) is 19.2 Å². The smallest absolute Gasteiger partial charge is 0.324 e. The van der Waals surface area contributed by atoms with Gasteiger partial charge in [0.2, 0.25) is 0 Å². The first kappa shape index (κ1) is 21.7. The maximum absolute atomic E-state index is 12.5. The second kappa shape index (κ2) is 10.2. The number of hydrogen-bond acceptors (Lipinski definition) is 6. The number of amides is 2. The van der Waals surface area contributed by atoms with E-state index in [2.05, 4.69) is 32.5 Å². The molecule has 160 valence electrons. The zero-order valence-corrected chi connectivity index (χ0v) is 17.8. The van der Waals surface area contributed by atoms with E-state index >= 15 is 0 Å². The molecule has 1 fully saturated rings. The van der Waals surface area contributed by atoms with Crippen LogP contribution in [-0.4, -0.2) is 53.4 Å². The number of nitrogens with one attached hydrogen (secondary N) is 2. The molecule has 2 aromatic rings. The second-order valence-electron chi connectivity index (χ2n) is 7.91. The Morgan fingerprint density at radius 3 is 2.77 bits per heavy atom. The molecule has 2 heterocycles. The summed E-state index contributed by atoms with van der Waals surface area (Å²) in [6.07, 6.45) is 5.67. The monoisotopic (exact) mass is 411 g/mol. The Kier molecular flexibility index (Phi) is 7.35. The summed E-state index contributed by atoms with van der Waals surface area (Å²) in [6, 6.07) is 5.00. The van der Waals surface area contributed by atoms with Crippen LogP contribution in [0.5, 0.6) is 5.75 Å². The molecule has 0 spiro atoms. The van der Waals surface area contributed by atoms with Crippen molar-refractivity contribution in [1.82, 2.24) is 14.9 Å². The Morgan fingerprint density at radius 2 is 2.07 bits per heavy atom. The first-order valence-electron chi connectivity index (χ1n) is 10.2. The number of aryl methyl sites for hydroxylation is 1. The Hall–Kier alpha value is -3.00. The number of carbonyl (C=O) groups excluding carboxylic acids is 2. The number of anilines is 2. The minimum absolute atomic E-state index is 0.0549. The molecule has 1 unspecified atom stereocenters. The highest BCUT2D eigenvalue weighted by atomic mass is 16.5. The molecule has 8 nitrogen and oxygen atoms in total.